The summed E-state index contributed by atoms with van der Waals surface area (Å²) in [5.74, 6) is -1.61. The number of benzene rings is 2. The van der Waals surface area contributed by atoms with Crippen molar-refractivity contribution >= 4 is 41.1 Å². The van der Waals surface area contributed by atoms with Gasteiger partial charge >= 0.3 is 5.97 Å². The van der Waals surface area contributed by atoms with Gasteiger partial charge in [0.1, 0.15) is 29.3 Å². The molecule has 0 radical (unpaired) electrons. The molecule has 9 heteroatoms. The predicted molar refractivity (Wildman–Crippen MR) is 116 cm³/mol. The molecule has 2 unspecified atom stereocenters. The van der Waals surface area contributed by atoms with Crippen molar-refractivity contribution in [3.05, 3.63) is 82.5 Å². The zero-order chi connectivity index (χ0) is 21.7. The molecular weight excluding hydrogens is 438 g/mol. The smallest absolute Gasteiger partial charge is 0.353 e. The average Bonchev–Trinajstić information content (AvgIpc) is 3.11. The maximum Gasteiger partial charge on any atom is 0.353 e. The van der Waals surface area contributed by atoms with Crippen LogP contribution >= 0.6 is 23.4 Å². The van der Waals surface area contributed by atoms with E-state index in [-0.39, 0.29) is 22.4 Å². The molecular formula is C22H18ClN3O4S. The second-order valence-corrected chi connectivity index (χ2v) is 9.04. The van der Waals surface area contributed by atoms with Crippen LogP contribution in [0, 0.1) is 0 Å². The molecule has 2 saturated heterocycles. The normalized spacial score (nSPS) is 27.9. The largest absolute Gasteiger partial charge is 0.477 e. The lowest BCUT2D eigenvalue weighted by molar-refractivity contribution is -0.160. The average molecular weight is 456 g/mol. The number of rotatable bonds is 4. The lowest BCUT2D eigenvalue weighted by atomic mass is 10.0. The second kappa shape index (κ2) is 7.71. The van der Waals surface area contributed by atoms with Crippen LogP contribution in [-0.2, 0) is 14.4 Å². The van der Waals surface area contributed by atoms with Crippen LogP contribution in [0.1, 0.15) is 23.3 Å². The van der Waals surface area contributed by atoms with E-state index in [1.54, 1.807) is 4.90 Å². The molecule has 2 amide bonds. The number of carboxylic acid groups (broad SMARTS) is 1. The van der Waals surface area contributed by atoms with E-state index in [9.17, 15) is 19.5 Å². The van der Waals surface area contributed by atoms with Crippen molar-refractivity contribution in [2.75, 3.05) is 5.75 Å². The first-order chi connectivity index (χ1) is 15.0. The summed E-state index contributed by atoms with van der Waals surface area (Å²) in [5, 5.41) is 12.5. The Morgan fingerprint density at radius 1 is 1.00 bits per heavy atom. The van der Waals surface area contributed by atoms with Crippen molar-refractivity contribution in [1.29, 1.82) is 0 Å². The Bertz CT molecular complexity index is 1090. The fraction of sp³-hybridized carbons (Fsp3) is 0.227. The van der Waals surface area contributed by atoms with Gasteiger partial charge in [-0.05, 0) is 11.1 Å². The number of amides is 2. The predicted octanol–water partition coefficient (Wildman–Crippen LogP) is 2.68. The van der Waals surface area contributed by atoms with E-state index in [1.165, 1.54) is 16.7 Å². The molecule has 3 aliphatic heterocycles. The van der Waals surface area contributed by atoms with Gasteiger partial charge in [0.05, 0.1) is 5.03 Å². The van der Waals surface area contributed by atoms with E-state index in [4.69, 9.17) is 11.6 Å². The van der Waals surface area contributed by atoms with E-state index in [2.05, 4.69) is 5.32 Å². The molecule has 2 N–H and O–H groups in total. The molecule has 2 aromatic rings. The number of aliphatic carboxylic acids is 1. The van der Waals surface area contributed by atoms with Crippen LogP contribution in [0.2, 0.25) is 0 Å². The van der Waals surface area contributed by atoms with Crippen molar-refractivity contribution in [2.24, 2.45) is 0 Å². The monoisotopic (exact) mass is 455 g/mol. The Labute approximate surface area is 187 Å². The molecule has 0 spiro atoms. The third-order valence-electron chi connectivity index (χ3n) is 5.75. The van der Waals surface area contributed by atoms with Crippen molar-refractivity contribution in [3.63, 3.8) is 0 Å². The third-order valence-corrected chi connectivity index (χ3v) is 7.48. The number of fused-ring (bicyclic) bond motifs is 1. The Morgan fingerprint density at radius 3 is 2.23 bits per heavy atom. The SMILES string of the molecule is O=C(O)C1=C(Cl)CS[C@H]2[C@H](N3C(=O)C(c4ccccc4)NC3c3ccccc3)C(=O)N12. The number of carboxylic acids is 1. The zero-order valence-electron chi connectivity index (χ0n) is 16.1. The number of β-lactam (4-membered cyclic amide) rings is 1. The number of carbonyl (C=O) groups is 3. The number of thioether (sulfide) groups is 1. The highest BCUT2D eigenvalue weighted by molar-refractivity contribution is 8.00. The molecule has 2 aromatic carbocycles. The Balaban J connectivity index is 1.53. The molecule has 0 aromatic heterocycles. The quantitative estimate of drug-likeness (QED) is 0.689. The number of nitrogens with zero attached hydrogens (tertiary/aromatic N) is 2. The number of hydrogen-bond acceptors (Lipinski definition) is 5. The topological polar surface area (TPSA) is 90.0 Å². The molecule has 158 valence electrons. The molecule has 7 nitrogen and oxygen atoms in total. The summed E-state index contributed by atoms with van der Waals surface area (Å²) in [5.41, 5.74) is 1.47. The highest BCUT2D eigenvalue weighted by Crippen LogP contribution is 2.47. The molecule has 3 heterocycles. The van der Waals surface area contributed by atoms with Gasteiger partial charge in [0, 0.05) is 5.75 Å². The molecule has 0 aliphatic carbocycles. The lowest BCUT2D eigenvalue weighted by Crippen LogP contribution is -2.71. The van der Waals surface area contributed by atoms with Crippen LogP contribution in [0.5, 0.6) is 0 Å². The van der Waals surface area contributed by atoms with E-state index < -0.39 is 35.5 Å². The van der Waals surface area contributed by atoms with E-state index in [0.717, 1.165) is 11.1 Å². The second-order valence-electron chi connectivity index (χ2n) is 7.48. The molecule has 31 heavy (non-hydrogen) atoms. The summed E-state index contributed by atoms with van der Waals surface area (Å²) in [6, 6.07) is 17.4. The summed E-state index contributed by atoms with van der Waals surface area (Å²) < 4.78 is 0. The Morgan fingerprint density at radius 2 is 1.61 bits per heavy atom. The van der Waals surface area contributed by atoms with Crippen LogP contribution in [0.25, 0.3) is 0 Å². The maximum atomic E-state index is 13.6. The van der Waals surface area contributed by atoms with Gasteiger partial charge in [-0.1, -0.05) is 72.3 Å². The Hall–Kier alpha value is -2.81. The van der Waals surface area contributed by atoms with Crippen molar-refractivity contribution in [1.82, 2.24) is 15.1 Å². The fourth-order valence-electron chi connectivity index (χ4n) is 4.35. The first kappa shape index (κ1) is 20.1. The molecule has 3 aliphatic rings. The summed E-state index contributed by atoms with van der Waals surface area (Å²) >= 11 is 7.46. The van der Waals surface area contributed by atoms with Crippen LogP contribution in [-0.4, -0.2) is 49.9 Å². The number of halogens is 1. The summed E-state index contributed by atoms with van der Waals surface area (Å²) in [4.78, 5) is 41.1. The Kier molecular flexibility index (Phi) is 5.00. The van der Waals surface area contributed by atoms with Crippen LogP contribution < -0.4 is 5.32 Å². The minimum absolute atomic E-state index is 0.133. The van der Waals surface area contributed by atoms with Crippen LogP contribution in [0.3, 0.4) is 0 Å². The van der Waals surface area contributed by atoms with Crippen molar-refractivity contribution in [3.8, 4) is 0 Å². The summed E-state index contributed by atoms with van der Waals surface area (Å²) in [6.07, 6.45) is -0.509. The van der Waals surface area contributed by atoms with Gasteiger partial charge in [0.25, 0.3) is 5.91 Å². The minimum Gasteiger partial charge on any atom is -0.477 e. The number of nitrogens with one attached hydrogen (secondary N) is 1. The molecule has 4 atom stereocenters. The van der Waals surface area contributed by atoms with Crippen LogP contribution in [0.15, 0.2) is 71.4 Å². The van der Waals surface area contributed by atoms with Gasteiger partial charge in [-0.2, -0.15) is 0 Å². The third kappa shape index (κ3) is 3.13. The number of hydrogen-bond donors (Lipinski definition) is 2. The van der Waals surface area contributed by atoms with E-state index in [1.807, 2.05) is 60.7 Å². The van der Waals surface area contributed by atoms with E-state index in [0.29, 0.717) is 0 Å². The van der Waals surface area contributed by atoms with Gasteiger partial charge in [-0.3, -0.25) is 19.8 Å². The van der Waals surface area contributed by atoms with Gasteiger partial charge in [-0.25, -0.2) is 4.79 Å². The highest BCUT2D eigenvalue weighted by atomic mass is 35.5. The van der Waals surface area contributed by atoms with Gasteiger partial charge in [-0.15, -0.1) is 11.8 Å². The first-order valence-corrected chi connectivity index (χ1v) is 11.2. The molecule has 0 saturated carbocycles. The maximum absolute atomic E-state index is 13.6. The van der Waals surface area contributed by atoms with Gasteiger partial charge in [0.2, 0.25) is 5.91 Å². The lowest BCUT2D eigenvalue weighted by Gasteiger charge is -2.52. The number of carbonyl (C=O) groups excluding carboxylic acids is 2. The fourth-order valence-corrected chi connectivity index (χ4v) is 5.95. The molecule has 5 rings (SSSR count). The first-order valence-electron chi connectivity index (χ1n) is 9.74. The zero-order valence-corrected chi connectivity index (χ0v) is 17.7. The van der Waals surface area contributed by atoms with Gasteiger partial charge in [0.15, 0.2) is 0 Å². The van der Waals surface area contributed by atoms with Crippen molar-refractivity contribution < 1.29 is 19.5 Å². The standard InChI is InChI=1S/C22H18ClN3O4S/c23-14-11-31-21-17(20(28)26(21)16(14)22(29)30)25-18(13-9-5-2-6-10-13)24-15(19(25)27)12-7-3-1-4-8-12/h1-10,15,17-18,21,24H,11H2,(H,29,30)/t15?,17-,18?,21+/m1/s1. The van der Waals surface area contributed by atoms with Crippen molar-refractivity contribution in [2.45, 2.75) is 23.6 Å². The minimum atomic E-state index is -1.24. The van der Waals surface area contributed by atoms with Gasteiger partial charge < -0.3 is 10.0 Å². The van der Waals surface area contributed by atoms with Crippen LogP contribution in [0.4, 0.5) is 0 Å². The summed E-state index contributed by atoms with van der Waals surface area (Å²) in [6.45, 7) is 0. The summed E-state index contributed by atoms with van der Waals surface area (Å²) in [7, 11) is 0. The van der Waals surface area contributed by atoms with E-state index >= 15 is 0 Å². The molecule has 0 bridgehead atoms. The highest BCUT2D eigenvalue weighted by Gasteiger charge is 2.60. The molecule has 2 fully saturated rings.